The van der Waals surface area contributed by atoms with Crippen molar-refractivity contribution in [1.29, 1.82) is 0 Å². The second-order valence-electron chi connectivity index (χ2n) is 7.33. The summed E-state index contributed by atoms with van der Waals surface area (Å²) in [5.41, 5.74) is 0.700. The summed E-state index contributed by atoms with van der Waals surface area (Å²) in [6.07, 6.45) is 1.35. The lowest BCUT2D eigenvalue weighted by molar-refractivity contribution is -0.126. The van der Waals surface area contributed by atoms with Crippen molar-refractivity contribution >= 4 is 27.5 Å². The predicted molar refractivity (Wildman–Crippen MR) is 117 cm³/mol. The molecule has 3 rings (SSSR count). The molecule has 166 valence electrons. The summed E-state index contributed by atoms with van der Waals surface area (Å²) in [6, 6.07) is 15.3. The minimum atomic E-state index is -3.69. The summed E-state index contributed by atoms with van der Waals surface area (Å²) in [7, 11) is -2.17. The first-order chi connectivity index (χ1) is 14.9. The maximum Gasteiger partial charge on any atom is 0.243 e. The molecule has 9 heteroatoms. The number of methoxy groups -OCH3 is 1. The number of nitrogens with zero attached hydrogens (tertiary/aromatic N) is 1. The van der Waals surface area contributed by atoms with Crippen molar-refractivity contribution in [1.82, 2.24) is 9.62 Å². The fraction of sp³-hybridized carbons (Fsp3) is 0.364. The molecular formula is C22H27N3O5S. The van der Waals surface area contributed by atoms with E-state index in [1.165, 1.54) is 23.5 Å². The van der Waals surface area contributed by atoms with Gasteiger partial charge in [-0.3, -0.25) is 9.59 Å². The molecule has 1 aliphatic rings. The number of sulfonamides is 1. The third kappa shape index (κ3) is 6.05. The lowest BCUT2D eigenvalue weighted by Crippen LogP contribution is -2.45. The summed E-state index contributed by atoms with van der Waals surface area (Å²) in [5, 5.41) is 5.52. The standard InChI is InChI=1S/C22H27N3O5S/c1-30-19-9-11-20(12-10-19)31(28,29)25-15-5-6-17(16-25)22(27)23-14-13-21(26)24-18-7-3-2-4-8-18/h2-4,7-12,17H,5-6,13-16H2,1H3,(H,23,27)(H,24,26)/t17-/m0/s1. The number of hydrogen-bond acceptors (Lipinski definition) is 5. The molecule has 2 aromatic rings. The van der Waals surface area contributed by atoms with Gasteiger partial charge in [-0.1, -0.05) is 18.2 Å². The zero-order valence-electron chi connectivity index (χ0n) is 17.4. The number of benzene rings is 2. The Morgan fingerprint density at radius 1 is 1.10 bits per heavy atom. The van der Waals surface area contributed by atoms with Crippen molar-refractivity contribution in [3.05, 3.63) is 54.6 Å². The lowest BCUT2D eigenvalue weighted by Gasteiger charge is -2.31. The monoisotopic (exact) mass is 445 g/mol. The van der Waals surface area contributed by atoms with Gasteiger partial charge in [0.25, 0.3) is 0 Å². The highest BCUT2D eigenvalue weighted by Gasteiger charge is 2.33. The molecule has 1 atom stereocenters. The van der Waals surface area contributed by atoms with Crippen LogP contribution in [0.15, 0.2) is 59.5 Å². The molecule has 1 fully saturated rings. The lowest BCUT2D eigenvalue weighted by atomic mass is 9.99. The Morgan fingerprint density at radius 3 is 2.48 bits per heavy atom. The van der Waals surface area contributed by atoms with Gasteiger partial charge in [-0.2, -0.15) is 4.31 Å². The molecule has 1 saturated heterocycles. The van der Waals surface area contributed by atoms with Gasteiger partial charge in [-0.25, -0.2) is 8.42 Å². The van der Waals surface area contributed by atoms with Crippen LogP contribution in [0.2, 0.25) is 0 Å². The highest BCUT2D eigenvalue weighted by atomic mass is 32.2. The highest BCUT2D eigenvalue weighted by molar-refractivity contribution is 7.89. The van der Waals surface area contributed by atoms with Gasteiger partial charge in [-0.15, -0.1) is 0 Å². The predicted octanol–water partition coefficient (Wildman–Crippen LogP) is 2.24. The van der Waals surface area contributed by atoms with E-state index < -0.39 is 15.9 Å². The van der Waals surface area contributed by atoms with E-state index in [2.05, 4.69) is 10.6 Å². The molecule has 0 radical (unpaired) electrons. The number of rotatable bonds is 8. The molecule has 0 saturated carbocycles. The number of anilines is 1. The van der Waals surface area contributed by atoms with E-state index >= 15 is 0 Å². The van der Waals surface area contributed by atoms with E-state index in [-0.39, 0.29) is 36.2 Å². The van der Waals surface area contributed by atoms with Crippen molar-refractivity contribution in [3.63, 3.8) is 0 Å². The molecule has 1 aliphatic heterocycles. The first-order valence-corrected chi connectivity index (χ1v) is 11.6. The number of piperidine rings is 1. The zero-order valence-corrected chi connectivity index (χ0v) is 18.2. The van der Waals surface area contributed by atoms with Crippen molar-refractivity contribution < 1.29 is 22.7 Å². The summed E-state index contributed by atoms with van der Waals surface area (Å²) in [4.78, 5) is 24.7. The Morgan fingerprint density at radius 2 is 1.81 bits per heavy atom. The molecular weight excluding hydrogens is 418 g/mol. The van der Waals surface area contributed by atoms with Gasteiger partial charge in [0.2, 0.25) is 21.8 Å². The van der Waals surface area contributed by atoms with Crippen molar-refractivity contribution in [2.24, 2.45) is 5.92 Å². The number of carbonyl (C=O) groups is 2. The van der Waals surface area contributed by atoms with Crippen LogP contribution in [0.4, 0.5) is 5.69 Å². The molecule has 0 unspecified atom stereocenters. The van der Waals surface area contributed by atoms with Gasteiger partial charge >= 0.3 is 0 Å². The zero-order chi connectivity index (χ0) is 22.3. The Kier molecular flexibility index (Phi) is 7.64. The van der Waals surface area contributed by atoms with E-state index in [4.69, 9.17) is 4.74 Å². The number of nitrogens with one attached hydrogen (secondary N) is 2. The van der Waals surface area contributed by atoms with Crippen LogP contribution in [-0.2, 0) is 19.6 Å². The number of carbonyl (C=O) groups excluding carboxylic acids is 2. The van der Waals surface area contributed by atoms with Gasteiger partial charge in [0.15, 0.2) is 0 Å². The van der Waals surface area contributed by atoms with E-state index in [0.29, 0.717) is 30.8 Å². The van der Waals surface area contributed by atoms with Crippen LogP contribution in [-0.4, -0.2) is 51.3 Å². The number of hydrogen-bond donors (Lipinski definition) is 2. The Balaban J connectivity index is 1.51. The highest BCUT2D eigenvalue weighted by Crippen LogP contribution is 2.25. The van der Waals surface area contributed by atoms with Crippen LogP contribution in [0.5, 0.6) is 5.75 Å². The topological polar surface area (TPSA) is 105 Å². The van der Waals surface area contributed by atoms with E-state index in [9.17, 15) is 18.0 Å². The fourth-order valence-electron chi connectivity index (χ4n) is 3.46. The third-order valence-electron chi connectivity index (χ3n) is 5.16. The minimum Gasteiger partial charge on any atom is -0.497 e. The van der Waals surface area contributed by atoms with Gasteiger partial charge in [0.05, 0.1) is 17.9 Å². The second-order valence-corrected chi connectivity index (χ2v) is 9.27. The minimum absolute atomic E-state index is 0.121. The van der Waals surface area contributed by atoms with Gasteiger partial charge < -0.3 is 15.4 Å². The van der Waals surface area contributed by atoms with Gasteiger partial charge in [0, 0.05) is 31.7 Å². The quantitative estimate of drug-likeness (QED) is 0.648. The largest absolute Gasteiger partial charge is 0.497 e. The molecule has 2 aromatic carbocycles. The van der Waals surface area contributed by atoms with E-state index in [0.717, 1.165) is 0 Å². The van der Waals surface area contributed by atoms with Crippen LogP contribution < -0.4 is 15.4 Å². The van der Waals surface area contributed by atoms with Crippen LogP contribution in [0.1, 0.15) is 19.3 Å². The second kappa shape index (κ2) is 10.4. The Labute approximate surface area is 182 Å². The van der Waals surface area contributed by atoms with Crippen LogP contribution in [0.3, 0.4) is 0 Å². The van der Waals surface area contributed by atoms with Crippen molar-refractivity contribution in [2.45, 2.75) is 24.2 Å². The first-order valence-electron chi connectivity index (χ1n) is 10.2. The molecule has 31 heavy (non-hydrogen) atoms. The molecule has 0 spiro atoms. The summed E-state index contributed by atoms with van der Waals surface area (Å²) >= 11 is 0. The molecule has 0 bridgehead atoms. The Hall–Kier alpha value is -2.91. The molecule has 2 N–H and O–H groups in total. The van der Waals surface area contributed by atoms with Crippen molar-refractivity contribution in [3.8, 4) is 5.75 Å². The molecule has 0 aromatic heterocycles. The number of para-hydroxylation sites is 1. The van der Waals surface area contributed by atoms with Crippen molar-refractivity contribution in [2.75, 3.05) is 32.1 Å². The summed E-state index contributed by atoms with van der Waals surface area (Å²) < 4.78 is 32.3. The average Bonchev–Trinajstić information content (AvgIpc) is 2.79. The molecule has 2 amide bonds. The van der Waals surface area contributed by atoms with Crippen LogP contribution in [0, 0.1) is 5.92 Å². The fourth-order valence-corrected chi connectivity index (χ4v) is 4.98. The molecule has 8 nitrogen and oxygen atoms in total. The maximum atomic E-state index is 12.9. The first kappa shape index (κ1) is 22.8. The number of amides is 2. The number of ether oxygens (including phenoxy) is 1. The summed E-state index contributed by atoms with van der Waals surface area (Å²) in [5.74, 6) is -0.300. The van der Waals surface area contributed by atoms with Gasteiger partial charge in [-0.05, 0) is 49.2 Å². The van der Waals surface area contributed by atoms with E-state index in [1.54, 1.807) is 24.3 Å². The average molecular weight is 446 g/mol. The van der Waals surface area contributed by atoms with E-state index in [1.807, 2.05) is 18.2 Å². The third-order valence-corrected chi connectivity index (χ3v) is 7.04. The molecule has 1 heterocycles. The molecule has 0 aliphatic carbocycles. The van der Waals surface area contributed by atoms with Gasteiger partial charge in [0.1, 0.15) is 5.75 Å². The summed E-state index contributed by atoms with van der Waals surface area (Å²) in [6.45, 7) is 0.688. The van der Waals surface area contributed by atoms with Crippen LogP contribution in [0.25, 0.3) is 0 Å². The smallest absolute Gasteiger partial charge is 0.243 e. The SMILES string of the molecule is COc1ccc(S(=O)(=O)N2CCC[C@H](C(=O)NCCC(=O)Nc3ccccc3)C2)cc1. The Bertz CT molecular complexity index is 994. The van der Waals surface area contributed by atoms with Crippen LogP contribution >= 0.6 is 0 Å². The normalized spacial score (nSPS) is 17.0. The maximum absolute atomic E-state index is 12.9.